The second-order valence-electron chi connectivity index (χ2n) is 11.1. The smallest absolute Gasteiger partial charge is 0.408 e. The van der Waals surface area contributed by atoms with Crippen LogP contribution in [-0.4, -0.2) is 57.4 Å². The highest BCUT2D eigenvalue weighted by molar-refractivity contribution is 7.09. The predicted molar refractivity (Wildman–Crippen MR) is 176 cm³/mol. The number of nitrogens with one attached hydrogen (secondary N) is 3. The number of carbonyl (C=O) groups excluding carboxylic acids is 3. The van der Waals surface area contributed by atoms with Crippen LogP contribution in [0.4, 0.5) is 9.59 Å². The van der Waals surface area contributed by atoms with Crippen LogP contribution in [0.3, 0.4) is 0 Å². The van der Waals surface area contributed by atoms with E-state index in [1.807, 2.05) is 74.5 Å². The third-order valence-corrected chi connectivity index (χ3v) is 8.54. The topological polar surface area (TPSA) is 152 Å². The van der Waals surface area contributed by atoms with E-state index in [1.54, 1.807) is 22.6 Å². The third-order valence-electron chi connectivity index (χ3n) is 7.15. The van der Waals surface area contributed by atoms with E-state index in [4.69, 9.17) is 9.47 Å². The molecule has 2 aromatic heterocycles. The molecule has 2 aromatic carbocycles. The van der Waals surface area contributed by atoms with Gasteiger partial charge in [0.05, 0.1) is 33.7 Å². The van der Waals surface area contributed by atoms with E-state index in [0.29, 0.717) is 18.5 Å². The fourth-order valence-electron chi connectivity index (χ4n) is 4.78. The first kappa shape index (κ1) is 34.5. The molecule has 244 valence electrons. The maximum atomic E-state index is 13.6. The number of thiazole rings is 2. The predicted octanol–water partition coefficient (Wildman–Crippen LogP) is 4.87. The second kappa shape index (κ2) is 18.0. The summed E-state index contributed by atoms with van der Waals surface area (Å²) in [6.45, 7) is 3.69. The van der Waals surface area contributed by atoms with Gasteiger partial charge in [0.1, 0.15) is 19.3 Å². The summed E-state index contributed by atoms with van der Waals surface area (Å²) < 4.78 is 10.7. The van der Waals surface area contributed by atoms with E-state index in [9.17, 15) is 19.5 Å². The van der Waals surface area contributed by atoms with Gasteiger partial charge in [-0.15, -0.1) is 22.7 Å². The summed E-state index contributed by atoms with van der Waals surface area (Å²) in [5, 5.41) is 21.9. The minimum absolute atomic E-state index is 0.0143. The van der Waals surface area contributed by atoms with E-state index in [0.717, 1.165) is 16.0 Å². The summed E-state index contributed by atoms with van der Waals surface area (Å²) in [4.78, 5) is 47.9. The first-order valence-corrected chi connectivity index (χ1v) is 16.8. The van der Waals surface area contributed by atoms with Crippen molar-refractivity contribution < 1.29 is 29.0 Å². The van der Waals surface area contributed by atoms with Crippen LogP contribution in [0, 0.1) is 5.92 Å². The molecule has 11 nitrogen and oxygen atoms in total. The van der Waals surface area contributed by atoms with E-state index < -0.39 is 42.3 Å². The number of rotatable bonds is 16. The number of ether oxygens (including phenoxy) is 2. The molecule has 46 heavy (non-hydrogen) atoms. The van der Waals surface area contributed by atoms with Crippen molar-refractivity contribution in [3.8, 4) is 0 Å². The van der Waals surface area contributed by atoms with Crippen molar-refractivity contribution in [2.45, 2.75) is 70.6 Å². The Bertz CT molecular complexity index is 1470. The second-order valence-corrected chi connectivity index (χ2v) is 12.8. The lowest BCUT2D eigenvalue weighted by molar-refractivity contribution is -0.125. The molecule has 0 aliphatic rings. The minimum Gasteiger partial charge on any atom is -0.444 e. The van der Waals surface area contributed by atoms with Crippen molar-refractivity contribution in [1.82, 2.24) is 25.9 Å². The molecule has 0 aliphatic carbocycles. The minimum atomic E-state index is -1.07. The van der Waals surface area contributed by atoms with Crippen LogP contribution in [0.2, 0.25) is 0 Å². The molecule has 4 aromatic rings. The molecule has 0 saturated heterocycles. The van der Waals surface area contributed by atoms with Gasteiger partial charge in [-0.3, -0.25) is 9.78 Å². The lowest BCUT2D eigenvalue weighted by Gasteiger charge is -2.30. The Hall–Kier alpha value is -4.33. The van der Waals surface area contributed by atoms with Crippen molar-refractivity contribution in [2.24, 2.45) is 5.92 Å². The van der Waals surface area contributed by atoms with Crippen LogP contribution >= 0.6 is 22.7 Å². The van der Waals surface area contributed by atoms with Gasteiger partial charge in [-0.05, 0) is 36.3 Å². The van der Waals surface area contributed by atoms with Gasteiger partial charge in [-0.1, -0.05) is 74.5 Å². The largest absolute Gasteiger partial charge is 0.444 e. The Morgan fingerprint density at radius 1 is 0.848 bits per heavy atom. The Kier molecular flexibility index (Phi) is 13.5. The number of aromatic nitrogens is 2. The SMILES string of the molecule is CC(C)[C@H](NC(=O)OCc1cscn1)C(=O)N[C@@H](Cc1ccccc1)[C@@H](O)C[C@H](Cc1ccccc1)NC(=O)OCc1cncs1. The summed E-state index contributed by atoms with van der Waals surface area (Å²) in [6.07, 6.45) is 0.0828. The summed E-state index contributed by atoms with van der Waals surface area (Å²) in [5.41, 5.74) is 5.79. The maximum absolute atomic E-state index is 13.6. The number of benzene rings is 2. The number of amides is 3. The number of carbonyl (C=O) groups is 3. The summed E-state index contributed by atoms with van der Waals surface area (Å²) in [6, 6.07) is 16.9. The highest BCUT2D eigenvalue weighted by atomic mass is 32.1. The lowest BCUT2D eigenvalue weighted by Crippen LogP contribution is -2.56. The van der Waals surface area contributed by atoms with E-state index in [-0.39, 0.29) is 25.6 Å². The van der Waals surface area contributed by atoms with E-state index in [1.165, 1.54) is 22.7 Å². The number of aliphatic hydroxyl groups is 1. The Balaban J connectivity index is 1.46. The summed E-state index contributed by atoms with van der Waals surface area (Å²) >= 11 is 2.78. The van der Waals surface area contributed by atoms with Crippen LogP contribution < -0.4 is 16.0 Å². The van der Waals surface area contributed by atoms with Gasteiger partial charge >= 0.3 is 12.2 Å². The molecule has 0 radical (unpaired) electrons. The van der Waals surface area contributed by atoms with Crippen molar-refractivity contribution in [1.29, 1.82) is 0 Å². The van der Waals surface area contributed by atoms with Crippen molar-refractivity contribution >= 4 is 40.8 Å². The number of aliphatic hydroxyl groups excluding tert-OH is 1. The average molecular weight is 666 g/mol. The lowest BCUT2D eigenvalue weighted by atomic mass is 9.93. The van der Waals surface area contributed by atoms with Gasteiger partial charge in [-0.2, -0.15) is 0 Å². The van der Waals surface area contributed by atoms with Gasteiger partial charge in [0.25, 0.3) is 0 Å². The molecule has 0 unspecified atom stereocenters. The number of alkyl carbamates (subject to hydrolysis) is 2. The van der Waals surface area contributed by atoms with E-state index in [2.05, 4.69) is 25.9 Å². The van der Waals surface area contributed by atoms with Crippen molar-refractivity contribution in [3.63, 3.8) is 0 Å². The van der Waals surface area contributed by atoms with Gasteiger partial charge in [0, 0.05) is 17.6 Å². The van der Waals surface area contributed by atoms with Gasteiger partial charge in [0.2, 0.25) is 5.91 Å². The Labute approximate surface area is 276 Å². The average Bonchev–Trinajstić information content (AvgIpc) is 3.77. The molecule has 0 fully saturated rings. The molecule has 4 N–H and O–H groups in total. The van der Waals surface area contributed by atoms with Crippen LogP contribution in [0.1, 0.15) is 42.0 Å². The van der Waals surface area contributed by atoms with Crippen LogP contribution in [0.25, 0.3) is 0 Å². The highest BCUT2D eigenvalue weighted by Gasteiger charge is 2.31. The Morgan fingerprint density at radius 2 is 1.50 bits per heavy atom. The fraction of sp³-hybridized carbons (Fsp3) is 0.364. The highest BCUT2D eigenvalue weighted by Crippen LogP contribution is 2.16. The molecule has 4 rings (SSSR count). The van der Waals surface area contributed by atoms with Gasteiger partial charge in [-0.25, -0.2) is 14.6 Å². The molecule has 4 atom stereocenters. The number of hydrogen-bond donors (Lipinski definition) is 4. The molecule has 0 spiro atoms. The van der Waals surface area contributed by atoms with E-state index >= 15 is 0 Å². The third kappa shape index (κ3) is 11.5. The zero-order chi connectivity index (χ0) is 32.7. The van der Waals surface area contributed by atoms with Gasteiger partial charge in [0.15, 0.2) is 0 Å². The first-order valence-electron chi connectivity index (χ1n) is 14.9. The Morgan fingerprint density at radius 3 is 2.11 bits per heavy atom. The standard InChI is InChI=1S/C33H39N5O6S2/c1-22(2)30(38-33(42)43-17-26-19-45-21-35-26)31(40)37-28(14-24-11-7-4-8-12-24)29(39)15-25(13-23-9-5-3-6-10-23)36-32(41)44-18-27-16-34-20-46-27/h3-12,16,19-22,25,28-30,39H,13-15,17-18H2,1-2H3,(H,36,41)(H,37,40)(H,38,42)/t25-,28-,29-,30-/m0/s1. The molecular weight excluding hydrogens is 627 g/mol. The zero-order valence-electron chi connectivity index (χ0n) is 25.7. The summed E-state index contributed by atoms with van der Waals surface area (Å²) in [5.74, 6) is -0.737. The van der Waals surface area contributed by atoms with Gasteiger partial charge < -0.3 is 30.5 Å². The van der Waals surface area contributed by atoms with Crippen LogP contribution in [0.5, 0.6) is 0 Å². The molecule has 2 heterocycles. The molecule has 3 amide bonds. The van der Waals surface area contributed by atoms with Crippen molar-refractivity contribution in [2.75, 3.05) is 0 Å². The fourth-order valence-corrected chi connectivity index (χ4v) is 5.83. The molecule has 0 saturated carbocycles. The van der Waals surface area contributed by atoms with Crippen LogP contribution in [-0.2, 0) is 40.3 Å². The number of hydrogen-bond acceptors (Lipinski definition) is 10. The monoisotopic (exact) mass is 665 g/mol. The maximum Gasteiger partial charge on any atom is 0.408 e. The number of nitrogens with zero attached hydrogens (tertiary/aromatic N) is 2. The molecule has 0 bridgehead atoms. The molecule has 0 aliphatic heterocycles. The quantitative estimate of drug-likeness (QED) is 0.132. The van der Waals surface area contributed by atoms with Crippen molar-refractivity contribution in [3.05, 3.63) is 105 Å². The van der Waals surface area contributed by atoms with Crippen LogP contribution in [0.15, 0.2) is 83.3 Å². The zero-order valence-corrected chi connectivity index (χ0v) is 27.3. The molecular formula is C33H39N5O6S2. The first-order chi connectivity index (χ1) is 22.3. The molecule has 13 heteroatoms. The summed E-state index contributed by atoms with van der Waals surface area (Å²) in [7, 11) is 0. The normalized spacial score (nSPS) is 13.7.